The summed E-state index contributed by atoms with van der Waals surface area (Å²) in [4.78, 5) is 12.0. The fraction of sp³-hybridized carbons (Fsp3) is 0.929. The molecule has 1 aliphatic carbocycles. The minimum Gasteiger partial charge on any atom is -0.461 e. The van der Waals surface area contributed by atoms with Gasteiger partial charge in [0.05, 0.1) is 0 Å². The first-order chi connectivity index (χ1) is 8.16. The predicted octanol–water partition coefficient (Wildman–Crippen LogP) is 2.50. The van der Waals surface area contributed by atoms with E-state index >= 15 is 0 Å². The van der Waals surface area contributed by atoms with Crippen molar-refractivity contribution in [3.05, 3.63) is 0 Å². The zero-order valence-electron chi connectivity index (χ0n) is 11.1. The smallest absolute Gasteiger partial charge is 0.323 e. The first kappa shape index (κ1) is 12.9. The van der Waals surface area contributed by atoms with Gasteiger partial charge in [0.15, 0.2) is 0 Å². The summed E-state index contributed by atoms with van der Waals surface area (Å²) >= 11 is 0. The molecule has 4 unspecified atom stereocenters. The number of carbonyl (C=O) groups is 1. The van der Waals surface area contributed by atoms with E-state index in [1.54, 1.807) is 0 Å². The zero-order valence-corrected chi connectivity index (χ0v) is 11.1. The van der Waals surface area contributed by atoms with Crippen molar-refractivity contribution in [2.24, 2.45) is 11.8 Å². The molecule has 98 valence electrons. The molecular formula is C14H25NO2. The molecule has 0 amide bonds. The highest BCUT2D eigenvalue weighted by atomic mass is 16.5. The third-order valence-electron chi connectivity index (χ3n) is 4.43. The normalized spacial score (nSPS) is 38.7. The van der Waals surface area contributed by atoms with Crippen molar-refractivity contribution in [3.8, 4) is 0 Å². The van der Waals surface area contributed by atoms with E-state index in [1.807, 2.05) is 0 Å². The fourth-order valence-electron chi connectivity index (χ4n) is 2.90. The molecule has 3 heteroatoms. The Balaban J connectivity index is 1.78. The molecule has 0 aromatic carbocycles. The van der Waals surface area contributed by atoms with Crippen LogP contribution in [0.2, 0.25) is 0 Å². The summed E-state index contributed by atoms with van der Waals surface area (Å²) in [5.41, 5.74) is 0. The number of ether oxygens (including phenoxy) is 1. The van der Waals surface area contributed by atoms with E-state index < -0.39 is 0 Å². The van der Waals surface area contributed by atoms with Crippen molar-refractivity contribution in [2.45, 2.75) is 64.5 Å². The molecule has 1 saturated heterocycles. The minimum absolute atomic E-state index is 0.0172. The van der Waals surface area contributed by atoms with Gasteiger partial charge in [0.2, 0.25) is 0 Å². The summed E-state index contributed by atoms with van der Waals surface area (Å²) in [7, 11) is 0. The van der Waals surface area contributed by atoms with E-state index in [0.29, 0.717) is 5.92 Å². The second kappa shape index (κ2) is 5.85. The van der Waals surface area contributed by atoms with Gasteiger partial charge in [0.1, 0.15) is 12.1 Å². The molecular weight excluding hydrogens is 214 g/mol. The predicted molar refractivity (Wildman–Crippen MR) is 67.7 cm³/mol. The summed E-state index contributed by atoms with van der Waals surface area (Å²) in [5.74, 6) is 1.44. The van der Waals surface area contributed by atoms with Crippen molar-refractivity contribution in [2.75, 3.05) is 6.54 Å². The van der Waals surface area contributed by atoms with Crippen molar-refractivity contribution in [3.63, 3.8) is 0 Å². The first-order valence-electron chi connectivity index (χ1n) is 7.10. The Labute approximate surface area is 104 Å². The van der Waals surface area contributed by atoms with Crippen LogP contribution in [0.5, 0.6) is 0 Å². The average molecular weight is 239 g/mol. The highest BCUT2D eigenvalue weighted by Crippen LogP contribution is 2.31. The van der Waals surface area contributed by atoms with E-state index in [-0.39, 0.29) is 18.1 Å². The molecule has 0 spiro atoms. The summed E-state index contributed by atoms with van der Waals surface area (Å²) in [6, 6.07) is -0.0431. The topological polar surface area (TPSA) is 38.3 Å². The highest BCUT2D eigenvalue weighted by Gasteiger charge is 2.29. The van der Waals surface area contributed by atoms with Gasteiger partial charge in [-0.25, -0.2) is 0 Å². The summed E-state index contributed by atoms with van der Waals surface area (Å²) in [6.07, 6.45) is 6.71. The van der Waals surface area contributed by atoms with Gasteiger partial charge in [-0.3, -0.25) is 4.79 Å². The number of nitrogens with one attached hydrogen (secondary N) is 1. The van der Waals surface area contributed by atoms with Gasteiger partial charge >= 0.3 is 5.97 Å². The summed E-state index contributed by atoms with van der Waals surface area (Å²) < 4.78 is 5.65. The lowest BCUT2D eigenvalue weighted by atomic mass is 9.80. The lowest BCUT2D eigenvalue weighted by Gasteiger charge is -2.33. The second-order valence-electron chi connectivity index (χ2n) is 5.83. The van der Waals surface area contributed by atoms with Crippen molar-refractivity contribution >= 4 is 5.97 Å². The summed E-state index contributed by atoms with van der Waals surface area (Å²) in [6.45, 7) is 5.52. The average Bonchev–Trinajstić information content (AvgIpc) is 2.35. The number of carbonyl (C=O) groups excluding carboxylic acids is 1. The highest BCUT2D eigenvalue weighted by molar-refractivity contribution is 5.76. The molecule has 1 aliphatic heterocycles. The first-order valence-corrected chi connectivity index (χ1v) is 7.10. The van der Waals surface area contributed by atoms with Crippen LogP contribution in [0.1, 0.15) is 52.4 Å². The van der Waals surface area contributed by atoms with Crippen LogP contribution in [0.3, 0.4) is 0 Å². The standard InChI is InChI=1S/C14H25NO2/c1-10-6-7-12(9-11(10)2)17-14(16)13-5-3-4-8-15-13/h10-13,15H,3-9H2,1-2H3. The largest absolute Gasteiger partial charge is 0.461 e. The van der Waals surface area contributed by atoms with Gasteiger partial charge in [-0.2, -0.15) is 0 Å². The number of piperidine rings is 1. The molecule has 1 saturated carbocycles. The van der Waals surface area contributed by atoms with E-state index in [9.17, 15) is 4.79 Å². The van der Waals surface area contributed by atoms with Crippen LogP contribution < -0.4 is 5.32 Å². The molecule has 1 heterocycles. The van der Waals surface area contributed by atoms with E-state index in [2.05, 4.69) is 19.2 Å². The van der Waals surface area contributed by atoms with Gasteiger partial charge in [-0.1, -0.05) is 20.3 Å². The lowest BCUT2D eigenvalue weighted by Crippen LogP contribution is -2.43. The number of hydrogen-bond acceptors (Lipinski definition) is 3. The molecule has 0 aromatic heterocycles. The van der Waals surface area contributed by atoms with E-state index in [0.717, 1.165) is 38.1 Å². The van der Waals surface area contributed by atoms with Gasteiger partial charge in [0, 0.05) is 0 Å². The third-order valence-corrected chi connectivity index (χ3v) is 4.43. The van der Waals surface area contributed by atoms with E-state index in [1.165, 1.54) is 12.8 Å². The van der Waals surface area contributed by atoms with E-state index in [4.69, 9.17) is 4.74 Å². The van der Waals surface area contributed by atoms with Gasteiger partial charge in [0.25, 0.3) is 0 Å². The second-order valence-corrected chi connectivity index (χ2v) is 5.83. The van der Waals surface area contributed by atoms with Crippen LogP contribution in [-0.2, 0) is 9.53 Å². The molecule has 2 aliphatic rings. The molecule has 17 heavy (non-hydrogen) atoms. The van der Waals surface area contributed by atoms with Crippen molar-refractivity contribution in [1.29, 1.82) is 0 Å². The van der Waals surface area contributed by atoms with Gasteiger partial charge in [-0.05, 0) is 50.5 Å². The number of rotatable bonds is 2. The number of hydrogen-bond donors (Lipinski definition) is 1. The SMILES string of the molecule is CC1CCC(OC(=O)C2CCCCN2)CC1C. The minimum atomic E-state index is -0.0431. The molecule has 0 bridgehead atoms. The molecule has 4 atom stereocenters. The Morgan fingerprint density at radius 2 is 1.94 bits per heavy atom. The van der Waals surface area contributed by atoms with Crippen LogP contribution in [-0.4, -0.2) is 24.7 Å². The van der Waals surface area contributed by atoms with Crippen LogP contribution >= 0.6 is 0 Å². The van der Waals surface area contributed by atoms with Crippen molar-refractivity contribution < 1.29 is 9.53 Å². The molecule has 2 rings (SSSR count). The Bertz CT molecular complexity index is 261. The molecule has 0 aromatic rings. The molecule has 0 radical (unpaired) electrons. The molecule has 1 N–H and O–H groups in total. The molecule has 2 fully saturated rings. The fourth-order valence-corrected chi connectivity index (χ4v) is 2.90. The van der Waals surface area contributed by atoms with Crippen LogP contribution in [0.15, 0.2) is 0 Å². The van der Waals surface area contributed by atoms with Crippen molar-refractivity contribution in [1.82, 2.24) is 5.32 Å². The maximum atomic E-state index is 12.0. The number of esters is 1. The van der Waals surface area contributed by atoms with Gasteiger partial charge in [-0.15, -0.1) is 0 Å². The Kier molecular flexibility index (Phi) is 4.43. The Morgan fingerprint density at radius 3 is 2.59 bits per heavy atom. The Morgan fingerprint density at radius 1 is 1.12 bits per heavy atom. The lowest BCUT2D eigenvalue weighted by molar-refractivity contribution is -0.155. The van der Waals surface area contributed by atoms with Crippen LogP contribution in [0.4, 0.5) is 0 Å². The third kappa shape index (κ3) is 3.44. The van der Waals surface area contributed by atoms with Crippen LogP contribution in [0.25, 0.3) is 0 Å². The van der Waals surface area contributed by atoms with Crippen LogP contribution in [0, 0.1) is 11.8 Å². The zero-order chi connectivity index (χ0) is 12.3. The molecule has 3 nitrogen and oxygen atoms in total. The Hall–Kier alpha value is -0.570. The quantitative estimate of drug-likeness (QED) is 0.752. The van der Waals surface area contributed by atoms with Gasteiger partial charge < -0.3 is 10.1 Å². The monoisotopic (exact) mass is 239 g/mol. The summed E-state index contributed by atoms with van der Waals surface area (Å²) in [5, 5.41) is 3.25. The maximum Gasteiger partial charge on any atom is 0.323 e. The maximum absolute atomic E-state index is 12.0.